The number of aromatic nitrogens is 3. The first-order valence-corrected chi connectivity index (χ1v) is 9.06. The molecule has 1 aromatic carbocycles. The first-order chi connectivity index (χ1) is 12.5. The first kappa shape index (κ1) is 17.0. The van der Waals surface area contributed by atoms with Crippen molar-refractivity contribution in [3.63, 3.8) is 0 Å². The van der Waals surface area contributed by atoms with Crippen LogP contribution >= 0.6 is 22.6 Å². The normalized spacial score (nSPS) is 13.7. The Hall–Kier alpha value is -2.43. The Kier molecular flexibility index (Phi) is 4.17. The topological polar surface area (TPSA) is 86.3 Å². The van der Waals surface area contributed by atoms with Gasteiger partial charge < -0.3 is 19.9 Å². The summed E-state index contributed by atoms with van der Waals surface area (Å²) in [6.45, 7) is 1.29. The van der Waals surface area contributed by atoms with Gasteiger partial charge in [-0.25, -0.2) is 19.2 Å². The lowest BCUT2D eigenvalue weighted by molar-refractivity contribution is 0.123. The maximum absolute atomic E-state index is 14.6. The predicted octanol–water partition coefficient (Wildman–Crippen LogP) is 3.17. The van der Waals surface area contributed by atoms with Gasteiger partial charge in [0.15, 0.2) is 11.6 Å². The number of hydrogen-bond donors (Lipinski definition) is 1. The molecule has 2 N–H and O–H groups in total. The van der Waals surface area contributed by atoms with Crippen LogP contribution in [-0.4, -0.2) is 38.6 Å². The molecular formula is C17H15FIN5O2. The molecule has 1 saturated heterocycles. The molecule has 0 aliphatic carbocycles. The number of aryl methyl sites for hydroxylation is 1. The zero-order chi connectivity index (χ0) is 18.4. The number of ether oxygens (including phenoxy) is 1. The van der Waals surface area contributed by atoms with Crippen molar-refractivity contribution < 1.29 is 13.9 Å². The quantitative estimate of drug-likeness (QED) is 0.586. The van der Waals surface area contributed by atoms with E-state index in [0.29, 0.717) is 35.5 Å². The molecule has 7 nitrogen and oxygen atoms in total. The highest BCUT2D eigenvalue weighted by atomic mass is 127. The number of hydrogen-bond acceptors (Lipinski definition) is 5. The first-order valence-electron chi connectivity index (χ1n) is 7.98. The van der Waals surface area contributed by atoms with E-state index in [1.165, 1.54) is 23.4 Å². The molecule has 0 unspecified atom stereocenters. The maximum atomic E-state index is 14.6. The fourth-order valence-electron chi connectivity index (χ4n) is 2.91. The van der Waals surface area contributed by atoms with Crippen molar-refractivity contribution in [1.29, 1.82) is 0 Å². The predicted molar refractivity (Wildman–Crippen MR) is 103 cm³/mol. The number of benzene rings is 1. The monoisotopic (exact) mass is 467 g/mol. The minimum atomic E-state index is -0.611. The lowest BCUT2D eigenvalue weighted by Gasteiger charge is -2.29. The van der Waals surface area contributed by atoms with Gasteiger partial charge in [-0.15, -0.1) is 0 Å². The van der Waals surface area contributed by atoms with Crippen molar-refractivity contribution in [2.75, 3.05) is 18.8 Å². The van der Waals surface area contributed by atoms with Crippen molar-refractivity contribution >= 4 is 45.5 Å². The molecule has 1 amide bonds. The van der Waals surface area contributed by atoms with Crippen molar-refractivity contribution in [1.82, 2.24) is 19.4 Å². The molecule has 0 atom stereocenters. The summed E-state index contributed by atoms with van der Waals surface area (Å²) in [6, 6.07) is 4.49. The Bertz CT molecular complexity index is 1030. The summed E-state index contributed by atoms with van der Waals surface area (Å²) in [6.07, 6.45) is 1.82. The van der Waals surface area contributed by atoms with Gasteiger partial charge in [-0.2, -0.15) is 0 Å². The van der Waals surface area contributed by atoms with Crippen molar-refractivity contribution in [3.8, 4) is 16.9 Å². The highest BCUT2D eigenvalue weighted by molar-refractivity contribution is 14.1. The molecule has 1 fully saturated rings. The van der Waals surface area contributed by atoms with E-state index in [2.05, 4.69) is 32.6 Å². The third kappa shape index (κ3) is 2.66. The lowest BCUT2D eigenvalue weighted by Crippen LogP contribution is -2.43. The SMILES string of the molecule is Cn1c(I)c(-c2ccc(OC(=O)N3CCC3)c(F)c2)c2c(N)ncnc21. The van der Waals surface area contributed by atoms with E-state index in [-0.39, 0.29) is 5.75 Å². The van der Waals surface area contributed by atoms with Gasteiger partial charge in [-0.05, 0) is 46.7 Å². The number of rotatable bonds is 2. The Balaban J connectivity index is 1.75. The maximum Gasteiger partial charge on any atom is 0.415 e. The van der Waals surface area contributed by atoms with Crippen LogP contribution in [0, 0.1) is 9.52 Å². The molecule has 3 heterocycles. The number of amides is 1. The average Bonchev–Trinajstić information content (AvgIpc) is 2.81. The zero-order valence-electron chi connectivity index (χ0n) is 13.9. The molecule has 0 radical (unpaired) electrons. The molecule has 9 heteroatoms. The van der Waals surface area contributed by atoms with Crippen molar-refractivity contribution in [2.24, 2.45) is 7.05 Å². The van der Waals surface area contributed by atoms with E-state index in [4.69, 9.17) is 10.5 Å². The second-order valence-corrected chi connectivity index (χ2v) is 7.06. The highest BCUT2D eigenvalue weighted by Gasteiger charge is 2.24. The molecule has 1 aliphatic heterocycles. The second kappa shape index (κ2) is 6.38. The molecule has 1 aliphatic rings. The van der Waals surface area contributed by atoms with Gasteiger partial charge in [0.05, 0.1) is 9.09 Å². The molecule has 0 bridgehead atoms. The third-order valence-electron chi connectivity index (χ3n) is 4.46. The van der Waals surface area contributed by atoms with E-state index in [9.17, 15) is 9.18 Å². The molecule has 2 aromatic heterocycles. The summed E-state index contributed by atoms with van der Waals surface area (Å²) in [7, 11) is 1.86. The smallest absolute Gasteiger partial charge is 0.407 e. The number of nitrogens with zero attached hydrogens (tertiary/aromatic N) is 4. The molecule has 134 valence electrons. The summed E-state index contributed by atoms with van der Waals surface area (Å²) >= 11 is 2.16. The summed E-state index contributed by atoms with van der Waals surface area (Å²) in [4.78, 5) is 21.7. The largest absolute Gasteiger partial charge is 0.415 e. The van der Waals surface area contributed by atoms with Crippen LogP contribution in [0.5, 0.6) is 5.75 Å². The van der Waals surface area contributed by atoms with Crippen molar-refractivity contribution in [3.05, 3.63) is 34.0 Å². The van der Waals surface area contributed by atoms with Crippen LogP contribution in [0.25, 0.3) is 22.2 Å². The number of nitrogen functional groups attached to an aromatic ring is 1. The summed E-state index contributed by atoms with van der Waals surface area (Å²) < 4.78 is 22.4. The number of carbonyl (C=O) groups is 1. The summed E-state index contributed by atoms with van der Waals surface area (Å²) in [5.41, 5.74) is 8.07. The van der Waals surface area contributed by atoms with E-state index in [1.807, 2.05) is 11.6 Å². The van der Waals surface area contributed by atoms with Crippen molar-refractivity contribution in [2.45, 2.75) is 6.42 Å². The Morgan fingerprint density at radius 1 is 1.35 bits per heavy atom. The second-order valence-electron chi connectivity index (χ2n) is 6.04. The number of anilines is 1. The number of halogens is 2. The van der Waals surface area contributed by atoms with Crippen LogP contribution in [0.15, 0.2) is 24.5 Å². The van der Waals surface area contributed by atoms with Gasteiger partial charge >= 0.3 is 6.09 Å². The number of nitrogens with two attached hydrogens (primary N) is 1. The number of carbonyl (C=O) groups excluding carboxylic acids is 1. The van der Waals surface area contributed by atoms with Crippen LogP contribution in [0.2, 0.25) is 0 Å². The molecule has 26 heavy (non-hydrogen) atoms. The fraction of sp³-hybridized carbons (Fsp3) is 0.235. The van der Waals surface area contributed by atoms with Crippen LogP contribution in [0.3, 0.4) is 0 Å². The molecular weight excluding hydrogens is 452 g/mol. The zero-order valence-corrected chi connectivity index (χ0v) is 16.0. The number of likely N-dealkylation sites (tertiary alicyclic amines) is 1. The lowest BCUT2D eigenvalue weighted by atomic mass is 10.1. The summed E-state index contributed by atoms with van der Waals surface area (Å²) in [5.74, 6) is -0.373. The molecule has 4 rings (SSSR count). The Morgan fingerprint density at radius 3 is 2.77 bits per heavy atom. The molecule has 0 saturated carbocycles. The van der Waals surface area contributed by atoms with E-state index in [1.54, 1.807) is 6.07 Å². The van der Waals surface area contributed by atoms with Gasteiger partial charge in [0.2, 0.25) is 0 Å². The van der Waals surface area contributed by atoms with Gasteiger partial charge in [-0.1, -0.05) is 6.07 Å². The molecule has 0 spiro atoms. The minimum Gasteiger partial charge on any atom is -0.407 e. The number of fused-ring (bicyclic) bond motifs is 1. The van der Waals surface area contributed by atoms with Gasteiger partial charge in [-0.3, -0.25) is 0 Å². The van der Waals surface area contributed by atoms with E-state index in [0.717, 1.165) is 15.7 Å². The van der Waals surface area contributed by atoms with E-state index >= 15 is 0 Å². The van der Waals surface area contributed by atoms with E-state index < -0.39 is 11.9 Å². The average molecular weight is 467 g/mol. The molecule has 3 aromatic rings. The summed E-state index contributed by atoms with van der Waals surface area (Å²) in [5, 5.41) is 0.670. The highest BCUT2D eigenvalue weighted by Crippen LogP contribution is 2.38. The third-order valence-corrected chi connectivity index (χ3v) is 5.72. The van der Waals surface area contributed by atoms with Crippen LogP contribution in [0.4, 0.5) is 15.0 Å². The van der Waals surface area contributed by atoms with Crippen LogP contribution in [-0.2, 0) is 7.05 Å². The Morgan fingerprint density at radius 2 is 2.12 bits per heavy atom. The van der Waals surface area contributed by atoms with Crippen LogP contribution < -0.4 is 10.5 Å². The Labute approximate surface area is 162 Å². The minimum absolute atomic E-state index is 0.0925. The van der Waals surface area contributed by atoms with Gasteiger partial charge in [0.1, 0.15) is 17.8 Å². The van der Waals surface area contributed by atoms with Crippen LogP contribution in [0.1, 0.15) is 6.42 Å². The van der Waals surface area contributed by atoms with Gasteiger partial charge in [0, 0.05) is 25.7 Å². The standard InChI is InChI=1S/C17H15FIN5O2/c1-23-14(19)12(13-15(20)21-8-22-16(13)23)9-3-4-11(10(18)7-9)26-17(25)24-5-2-6-24/h3-4,7-8H,2,5-6H2,1H3,(H2,20,21,22). The fourth-order valence-corrected chi connectivity index (χ4v) is 3.72. The van der Waals surface area contributed by atoms with Gasteiger partial charge in [0.25, 0.3) is 0 Å².